The Morgan fingerprint density at radius 2 is 2.04 bits per heavy atom. The largest absolute Gasteiger partial charge is 0.508 e. The molecule has 0 unspecified atom stereocenters. The second-order valence-corrected chi connectivity index (χ2v) is 6.18. The maximum Gasteiger partial charge on any atom is 0.126 e. The lowest BCUT2D eigenvalue weighted by atomic mass is 10.0. The van der Waals surface area contributed by atoms with E-state index in [0.717, 1.165) is 54.2 Å². The number of phenolic OH excluding ortho intramolecular Hbond substituents is 1. The predicted octanol–water partition coefficient (Wildman–Crippen LogP) is 3.35. The van der Waals surface area contributed by atoms with Gasteiger partial charge in [-0.05, 0) is 48.7 Å². The maximum atomic E-state index is 10.2. The van der Waals surface area contributed by atoms with E-state index >= 15 is 0 Å². The van der Waals surface area contributed by atoms with Crippen molar-refractivity contribution in [2.75, 3.05) is 27.4 Å². The van der Waals surface area contributed by atoms with Crippen molar-refractivity contribution in [1.82, 2.24) is 5.32 Å². The summed E-state index contributed by atoms with van der Waals surface area (Å²) in [5.74, 6) is 1.82. The first-order chi connectivity index (χ1) is 12.2. The van der Waals surface area contributed by atoms with E-state index in [4.69, 9.17) is 14.2 Å². The van der Waals surface area contributed by atoms with Crippen LogP contribution in [-0.4, -0.2) is 38.6 Å². The number of hydrogen-bond acceptors (Lipinski definition) is 5. The zero-order valence-electron chi connectivity index (χ0n) is 14.7. The zero-order valence-corrected chi connectivity index (χ0v) is 14.7. The standard InChI is InChI=1S/C20H25NO4/c1-23-16-6-8-20(24-2)18(11-16)14-5-7-19(22)15(10-14)12-21-13-17-4-3-9-25-17/h5-8,10-11,17,21-22H,3-4,9,12-13H2,1-2H3/t17-/m1/s1. The first kappa shape index (κ1) is 17.6. The van der Waals surface area contributed by atoms with Crippen molar-refractivity contribution in [2.45, 2.75) is 25.5 Å². The Hall–Kier alpha value is -2.24. The van der Waals surface area contributed by atoms with E-state index < -0.39 is 0 Å². The number of rotatable bonds is 7. The summed E-state index contributed by atoms with van der Waals surface area (Å²) in [6.45, 7) is 2.24. The lowest BCUT2D eigenvalue weighted by Crippen LogP contribution is -2.25. The minimum Gasteiger partial charge on any atom is -0.508 e. The molecule has 0 amide bonds. The van der Waals surface area contributed by atoms with E-state index in [1.165, 1.54) is 0 Å². The van der Waals surface area contributed by atoms with Crippen LogP contribution in [0.25, 0.3) is 11.1 Å². The molecule has 1 saturated heterocycles. The van der Waals surface area contributed by atoms with Crippen LogP contribution < -0.4 is 14.8 Å². The zero-order chi connectivity index (χ0) is 17.6. The Balaban J connectivity index is 1.78. The summed E-state index contributed by atoms with van der Waals surface area (Å²) < 4.78 is 16.4. The lowest BCUT2D eigenvalue weighted by molar-refractivity contribution is 0.110. The normalized spacial score (nSPS) is 16.8. The Morgan fingerprint density at radius 1 is 1.16 bits per heavy atom. The van der Waals surface area contributed by atoms with Gasteiger partial charge in [0.25, 0.3) is 0 Å². The number of benzene rings is 2. The molecule has 25 heavy (non-hydrogen) atoms. The highest BCUT2D eigenvalue weighted by Crippen LogP contribution is 2.35. The number of methoxy groups -OCH3 is 2. The minimum absolute atomic E-state index is 0.281. The van der Waals surface area contributed by atoms with Gasteiger partial charge < -0.3 is 24.6 Å². The van der Waals surface area contributed by atoms with Gasteiger partial charge in [-0.15, -0.1) is 0 Å². The topological polar surface area (TPSA) is 60.0 Å². The molecular formula is C20H25NO4. The molecule has 1 fully saturated rings. The first-order valence-electron chi connectivity index (χ1n) is 8.58. The molecule has 0 radical (unpaired) electrons. The van der Waals surface area contributed by atoms with Gasteiger partial charge in [-0.1, -0.05) is 6.07 Å². The van der Waals surface area contributed by atoms with E-state index in [-0.39, 0.29) is 11.9 Å². The van der Waals surface area contributed by atoms with Crippen LogP contribution in [0.2, 0.25) is 0 Å². The molecule has 2 N–H and O–H groups in total. The van der Waals surface area contributed by atoms with Crippen molar-refractivity contribution in [3.63, 3.8) is 0 Å². The average Bonchev–Trinajstić information content (AvgIpc) is 3.16. The van der Waals surface area contributed by atoms with Crippen molar-refractivity contribution in [1.29, 1.82) is 0 Å². The van der Waals surface area contributed by atoms with Gasteiger partial charge in [0.15, 0.2) is 0 Å². The Bertz CT molecular complexity index is 711. The summed E-state index contributed by atoms with van der Waals surface area (Å²) in [4.78, 5) is 0. The highest BCUT2D eigenvalue weighted by atomic mass is 16.5. The van der Waals surface area contributed by atoms with Gasteiger partial charge in [0.2, 0.25) is 0 Å². The molecule has 5 nitrogen and oxygen atoms in total. The maximum absolute atomic E-state index is 10.2. The van der Waals surface area contributed by atoms with Crippen LogP contribution in [0.1, 0.15) is 18.4 Å². The third-order valence-corrected chi connectivity index (χ3v) is 4.51. The lowest BCUT2D eigenvalue weighted by Gasteiger charge is -2.14. The summed E-state index contributed by atoms with van der Waals surface area (Å²) in [6.07, 6.45) is 2.51. The molecule has 2 aromatic carbocycles. The molecule has 3 rings (SSSR count). The summed E-state index contributed by atoms with van der Waals surface area (Å²) in [5.41, 5.74) is 2.75. The third-order valence-electron chi connectivity index (χ3n) is 4.51. The fourth-order valence-corrected chi connectivity index (χ4v) is 3.11. The van der Waals surface area contributed by atoms with Crippen molar-refractivity contribution in [2.24, 2.45) is 0 Å². The first-order valence-corrected chi connectivity index (χ1v) is 8.58. The minimum atomic E-state index is 0.281. The highest BCUT2D eigenvalue weighted by Gasteiger charge is 2.15. The quantitative estimate of drug-likeness (QED) is 0.807. The summed E-state index contributed by atoms with van der Waals surface area (Å²) in [6, 6.07) is 11.3. The molecule has 0 saturated carbocycles. The summed E-state index contributed by atoms with van der Waals surface area (Å²) in [5, 5.41) is 13.5. The van der Waals surface area contributed by atoms with Gasteiger partial charge in [-0.3, -0.25) is 0 Å². The fourth-order valence-electron chi connectivity index (χ4n) is 3.11. The monoisotopic (exact) mass is 343 g/mol. The number of nitrogens with one attached hydrogen (secondary N) is 1. The number of ether oxygens (including phenoxy) is 3. The number of phenols is 1. The molecule has 1 aliphatic heterocycles. The van der Waals surface area contributed by atoms with E-state index in [1.54, 1.807) is 20.3 Å². The predicted molar refractivity (Wildman–Crippen MR) is 97.3 cm³/mol. The van der Waals surface area contributed by atoms with E-state index in [2.05, 4.69) is 5.32 Å². The molecule has 0 aliphatic carbocycles. The van der Waals surface area contributed by atoms with E-state index in [0.29, 0.717) is 6.54 Å². The SMILES string of the molecule is COc1ccc(OC)c(-c2ccc(O)c(CNC[C@H]3CCCO3)c2)c1. The number of aromatic hydroxyl groups is 1. The van der Waals surface area contributed by atoms with Gasteiger partial charge in [0.1, 0.15) is 17.2 Å². The van der Waals surface area contributed by atoms with Crippen molar-refractivity contribution in [3.05, 3.63) is 42.0 Å². The van der Waals surface area contributed by atoms with Gasteiger partial charge in [0.05, 0.1) is 20.3 Å². The smallest absolute Gasteiger partial charge is 0.126 e. The molecule has 0 bridgehead atoms. The Kier molecular flexibility index (Phi) is 5.79. The van der Waals surface area contributed by atoms with Crippen molar-refractivity contribution < 1.29 is 19.3 Å². The molecular weight excluding hydrogens is 318 g/mol. The van der Waals surface area contributed by atoms with Crippen LogP contribution in [0.15, 0.2) is 36.4 Å². The van der Waals surface area contributed by atoms with Gasteiger partial charge in [0, 0.05) is 30.8 Å². The van der Waals surface area contributed by atoms with Gasteiger partial charge in [-0.25, -0.2) is 0 Å². The average molecular weight is 343 g/mol. The van der Waals surface area contributed by atoms with Crippen LogP contribution in [0.5, 0.6) is 17.2 Å². The van der Waals surface area contributed by atoms with Crippen LogP contribution in [0.4, 0.5) is 0 Å². The molecule has 5 heteroatoms. The molecule has 1 atom stereocenters. The van der Waals surface area contributed by atoms with Crippen LogP contribution in [-0.2, 0) is 11.3 Å². The molecule has 0 aromatic heterocycles. The van der Waals surface area contributed by atoms with Gasteiger partial charge >= 0.3 is 0 Å². The molecule has 1 heterocycles. The summed E-state index contributed by atoms with van der Waals surface area (Å²) in [7, 11) is 3.29. The van der Waals surface area contributed by atoms with E-state index in [9.17, 15) is 5.11 Å². The molecule has 0 spiro atoms. The van der Waals surface area contributed by atoms with Crippen LogP contribution in [0.3, 0.4) is 0 Å². The molecule has 2 aromatic rings. The second kappa shape index (κ2) is 8.23. The van der Waals surface area contributed by atoms with Crippen LogP contribution >= 0.6 is 0 Å². The van der Waals surface area contributed by atoms with Crippen LogP contribution in [0, 0.1) is 0 Å². The van der Waals surface area contributed by atoms with Crippen molar-refractivity contribution in [3.8, 4) is 28.4 Å². The number of hydrogen-bond donors (Lipinski definition) is 2. The second-order valence-electron chi connectivity index (χ2n) is 6.18. The van der Waals surface area contributed by atoms with Crippen molar-refractivity contribution >= 4 is 0 Å². The Morgan fingerprint density at radius 3 is 2.76 bits per heavy atom. The van der Waals surface area contributed by atoms with Gasteiger partial charge in [-0.2, -0.15) is 0 Å². The molecule has 134 valence electrons. The third kappa shape index (κ3) is 4.24. The van der Waals surface area contributed by atoms with E-state index in [1.807, 2.05) is 30.3 Å². The Labute approximate surface area is 148 Å². The molecule has 1 aliphatic rings. The fraction of sp³-hybridized carbons (Fsp3) is 0.400. The highest BCUT2D eigenvalue weighted by molar-refractivity contribution is 5.73. The summed E-state index contributed by atoms with van der Waals surface area (Å²) >= 11 is 0.